The average Bonchev–Trinajstić information content (AvgIpc) is 3.12. The fourth-order valence-electron chi connectivity index (χ4n) is 4.32. The van der Waals surface area contributed by atoms with E-state index < -0.39 is 17.8 Å². The minimum Gasteiger partial charge on any atom is -0.330 e. The Hall–Kier alpha value is -3.92. The molecule has 3 amide bonds. The van der Waals surface area contributed by atoms with Gasteiger partial charge in [-0.15, -0.1) is 5.06 Å². The molecule has 1 fully saturated rings. The van der Waals surface area contributed by atoms with Crippen molar-refractivity contribution < 1.29 is 24.0 Å². The lowest BCUT2D eigenvalue weighted by Crippen LogP contribution is -2.37. The van der Waals surface area contributed by atoms with Gasteiger partial charge >= 0.3 is 5.97 Å². The van der Waals surface area contributed by atoms with Gasteiger partial charge in [0.15, 0.2) is 0 Å². The predicted molar refractivity (Wildman–Crippen MR) is 125 cm³/mol. The standard InChI is InChI=1S/C27H26N2O5/c1-18(16-26(32)34-29-24(30)13-14-25(29)31)15-19(2)27(33)28-17-22-9-4-3-7-20(22)11-12-21-8-5-6-10-23(21)28/h3-10,18-19H,13-17H2,1-2H3. The Balaban J connectivity index is 1.45. The molecule has 4 rings (SSSR count). The Morgan fingerprint density at radius 3 is 2.29 bits per heavy atom. The van der Waals surface area contributed by atoms with Crippen molar-refractivity contribution in [1.82, 2.24) is 5.06 Å². The zero-order chi connectivity index (χ0) is 24.2. The van der Waals surface area contributed by atoms with Crippen LogP contribution in [-0.2, 0) is 30.6 Å². The van der Waals surface area contributed by atoms with Gasteiger partial charge in [-0.25, -0.2) is 4.79 Å². The minimum absolute atomic E-state index is 0.000421. The second-order valence-corrected chi connectivity index (χ2v) is 8.84. The van der Waals surface area contributed by atoms with Crippen molar-refractivity contribution in [2.45, 2.75) is 46.1 Å². The number of anilines is 1. The molecule has 0 N–H and O–H groups in total. The van der Waals surface area contributed by atoms with Crippen LogP contribution in [0.3, 0.4) is 0 Å². The van der Waals surface area contributed by atoms with Crippen LogP contribution in [0.1, 0.15) is 56.2 Å². The number of rotatable bonds is 6. The number of hydrogen-bond acceptors (Lipinski definition) is 5. The summed E-state index contributed by atoms with van der Waals surface area (Å²) in [4.78, 5) is 55.9. The average molecular weight is 459 g/mol. The van der Waals surface area contributed by atoms with Crippen molar-refractivity contribution in [3.05, 3.63) is 65.2 Å². The summed E-state index contributed by atoms with van der Waals surface area (Å²) >= 11 is 0. The fourth-order valence-corrected chi connectivity index (χ4v) is 4.32. The Morgan fingerprint density at radius 1 is 0.941 bits per heavy atom. The lowest BCUT2D eigenvalue weighted by Gasteiger charge is -2.29. The van der Waals surface area contributed by atoms with Gasteiger partial charge in [0.1, 0.15) is 0 Å². The highest BCUT2D eigenvalue weighted by atomic mass is 16.7. The highest BCUT2D eigenvalue weighted by molar-refractivity contribution is 6.01. The Morgan fingerprint density at radius 2 is 1.56 bits per heavy atom. The SMILES string of the molecule is CC(CC(=O)ON1C(=O)CCC1=O)CC(C)C(=O)N1Cc2ccccc2C#Cc2ccccc21. The van der Waals surface area contributed by atoms with E-state index in [0.717, 1.165) is 22.4 Å². The molecule has 34 heavy (non-hydrogen) atoms. The monoisotopic (exact) mass is 458 g/mol. The molecule has 174 valence electrons. The summed E-state index contributed by atoms with van der Waals surface area (Å²) in [6, 6.07) is 15.4. The van der Waals surface area contributed by atoms with Gasteiger partial charge in [0, 0.05) is 29.9 Å². The number of hydrogen-bond donors (Lipinski definition) is 0. The van der Waals surface area contributed by atoms with Crippen LogP contribution in [0.5, 0.6) is 0 Å². The van der Waals surface area contributed by atoms with Gasteiger partial charge in [0.05, 0.1) is 18.7 Å². The Bertz CT molecular complexity index is 1190. The molecule has 2 heterocycles. The van der Waals surface area contributed by atoms with Crippen molar-refractivity contribution in [2.75, 3.05) is 4.90 Å². The minimum atomic E-state index is -0.656. The smallest absolute Gasteiger partial charge is 0.330 e. The molecular formula is C27H26N2O5. The van der Waals surface area contributed by atoms with E-state index in [0.29, 0.717) is 18.0 Å². The summed E-state index contributed by atoms with van der Waals surface area (Å²) in [5.41, 5.74) is 3.42. The van der Waals surface area contributed by atoms with E-state index in [1.54, 1.807) is 4.90 Å². The first-order chi connectivity index (χ1) is 16.3. The maximum Gasteiger partial charge on any atom is 0.333 e. The first kappa shape index (κ1) is 23.2. The van der Waals surface area contributed by atoms with Crippen LogP contribution in [0.2, 0.25) is 0 Å². The van der Waals surface area contributed by atoms with E-state index in [4.69, 9.17) is 4.84 Å². The number of amides is 3. The molecule has 7 nitrogen and oxygen atoms in total. The fraction of sp³-hybridized carbons (Fsp3) is 0.333. The number of imide groups is 1. The molecule has 0 aromatic heterocycles. The third kappa shape index (κ3) is 5.01. The van der Waals surface area contributed by atoms with Crippen molar-refractivity contribution in [1.29, 1.82) is 0 Å². The van der Waals surface area contributed by atoms with E-state index in [1.807, 2.05) is 62.4 Å². The summed E-state index contributed by atoms with van der Waals surface area (Å²) in [5, 5.41) is 0.555. The van der Waals surface area contributed by atoms with Gasteiger partial charge in [0.2, 0.25) is 5.91 Å². The van der Waals surface area contributed by atoms with Crippen molar-refractivity contribution in [3.8, 4) is 11.8 Å². The van der Waals surface area contributed by atoms with Gasteiger partial charge in [-0.3, -0.25) is 14.4 Å². The highest BCUT2D eigenvalue weighted by Gasteiger charge is 2.33. The second kappa shape index (κ2) is 9.92. The summed E-state index contributed by atoms with van der Waals surface area (Å²) in [6.07, 6.45) is 0.553. The highest BCUT2D eigenvalue weighted by Crippen LogP contribution is 2.28. The van der Waals surface area contributed by atoms with E-state index in [1.165, 1.54) is 0 Å². The van der Waals surface area contributed by atoms with Gasteiger partial charge in [-0.1, -0.05) is 56.0 Å². The Labute approximate surface area is 198 Å². The van der Waals surface area contributed by atoms with Gasteiger partial charge in [-0.05, 0) is 36.1 Å². The van der Waals surface area contributed by atoms with Crippen LogP contribution in [0.25, 0.3) is 0 Å². The van der Waals surface area contributed by atoms with Crippen LogP contribution in [0, 0.1) is 23.7 Å². The molecule has 0 spiro atoms. The molecule has 2 aromatic rings. The normalized spacial score (nSPS) is 16.4. The third-order valence-electron chi connectivity index (χ3n) is 6.03. The van der Waals surface area contributed by atoms with Gasteiger partial charge < -0.3 is 9.74 Å². The first-order valence-electron chi connectivity index (χ1n) is 11.4. The number of benzene rings is 2. The van der Waals surface area contributed by atoms with E-state index in [-0.39, 0.29) is 37.0 Å². The summed E-state index contributed by atoms with van der Waals surface area (Å²) in [5.74, 6) is 4.12. The molecule has 2 aromatic carbocycles. The van der Waals surface area contributed by atoms with Crippen LogP contribution in [0.15, 0.2) is 48.5 Å². The van der Waals surface area contributed by atoms with Crippen molar-refractivity contribution >= 4 is 29.4 Å². The zero-order valence-electron chi connectivity index (χ0n) is 19.2. The summed E-state index contributed by atoms with van der Waals surface area (Å²) in [6.45, 7) is 4.10. The summed E-state index contributed by atoms with van der Waals surface area (Å²) in [7, 11) is 0. The number of carbonyl (C=O) groups is 4. The zero-order valence-corrected chi connectivity index (χ0v) is 19.2. The molecule has 0 radical (unpaired) electrons. The molecule has 7 heteroatoms. The topological polar surface area (TPSA) is 84.0 Å². The number of hydroxylamine groups is 2. The van der Waals surface area contributed by atoms with Crippen molar-refractivity contribution in [3.63, 3.8) is 0 Å². The predicted octanol–water partition coefficient (Wildman–Crippen LogP) is 3.59. The molecule has 2 atom stereocenters. The van der Waals surface area contributed by atoms with Crippen LogP contribution < -0.4 is 4.90 Å². The number of carbonyl (C=O) groups excluding carboxylic acids is 4. The largest absolute Gasteiger partial charge is 0.333 e. The molecule has 2 unspecified atom stereocenters. The molecular weight excluding hydrogens is 432 g/mol. The van der Waals surface area contributed by atoms with E-state index in [9.17, 15) is 19.2 Å². The quantitative estimate of drug-likeness (QED) is 0.488. The van der Waals surface area contributed by atoms with Crippen molar-refractivity contribution in [2.24, 2.45) is 11.8 Å². The van der Waals surface area contributed by atoms with Crippen LogP contribution >= 0.6 is 0 Å². The van der Waals surface area contributed by atoms with Crippen LogP contribution in [-0.4, -0.2) is 28.8 Å². The molecule has 0 bridgehead atoms. The maximum atomic E-state index is 13.6. The number of para-hydroxylation sites is 1. The summed E-state index contributed by atoms with van der Waals surface area (Å²) < 4.78 is 0. The van der Waals surface area contributed by atoms with Crippen LogP contribution in [0.4, 0.5) is 5.69 Å². The van der Waals surface area contributed by atoms with Gasteiger partial charge in [-0.2, -0.15) is 0 Å². The Kier molecular flexibility index (Phi) is 6.78. The number of fused-ring (bicyclic) bond motifs is 2. The van der Waals surface area contributed by atoms with E-state index >= 15 is 0 Å². The van der Waals surface area contributed by atoms with Gasteiger partial charge in [0.25, 0.3) is 11.8 Å². The number of nitrogens with zero attached hydrogens (tertiary/aromatic N) is 2. The third-order valence-corrected chi connectivity index (χ3v) is 6.03. The maximum absolute atomic E-state index is 13.6. The first-order valence-corrected chi connectivity index (χ1v) is 11.4. The lowest BCUT2D eigenvalue weighted by atomic mass is 9.93. The molecule has 1 saturated heterocycles. The molecule has 2 aliphatic rings. The molecule has 0 saturated carbocycles. The molecule has 0 aliphatic carbocycles. The molecule has 2 aliphatic heterocycles. The second-order valence-electron chi connectivity index (χ2n) is 8.84. The lowest BCUT2D eigenvalue weighted by molar-refractivity contribution is -0.198. The van der Waals surface area contributed by atoms with E-state index in [2.05, 4.69) is 11.8 Å².